The van der Waals surface area contributed by atoms with Crippen LogP contribution >= 0.6 is 11.3 Å². The van der Waals surface area contributed by atoms with Crippen LogP contribution in [0.5, 0.6) is 0 Å². The van der Waals surface area contributed by atoms with Gasteiger partial charge in [0.2, 0.25) is 0 Å². The Kier molecular flexibility index (Phi) is 3.38. The van der Waals surface area contributed by atoms with Crippen LogP contribution in [0, 0.1) is 6.92 Å². The Morgan fingerprint density at radius 1 is 1.33 bits per heavy atom. The molecule has 3 rings (SSSR count). The smallest absolute Gasteiger partial charge is 0.277 e. The van der Waals surface area contributed by atoms with Gasteiger partial charge in [-0.05, 0) is 26.3 Å². The zero-order valence-corrected chi connectivity index (χ0v) is 11.2. The molecule has 2 aromatic heterocycles. The monoisotopic (exact) mass is 264 g/mol. The number of nitrogens with one attached hydrogen (secondary N) is 1. The highest BCUT2D eigenvalue weighted by Gasteiger charge is 2.20. The van der Waals surface area contributed by atoms with Crippen molar-refractivity contribution in [2.24, 2.45) is 0 Å². The van der Waals surface area contributed by atoms with Crippen LogP contribution in [-0.4, -0.2) is 21.7 Å². The average Bonchev–Trinajstić information content (AvgIpc) is 2.92. The molecule has 0 aromatic carbocycles. The van der Waals surface area contributed by atoms with Crippen LogP contribution in [-0.2, 0) is 0 Å². The van der Waals surface area contributed by atoms with E-state index in [0.29, 0.717) is 5.89 Å². The van der Waals surface area contributed by atoms with Crippen molar-refractivity contribution >= 4 is 11.3 Å². The van der Waals surface area contributed by atoms with Gasteiger partial charge in [-0.1, -0.05) is 18.0 Å². The predicted octanol–water partition coefficient (Wildman–Crippen LogP) is 2.71. The summed E-state index contributed by atoms with van der Waals surface area (Å²) in [6.45, 7) is 3.00. The van der Waals surface area contributed by atoms with Gasteiger partial charge in [0.05, 0.1) is 11.0 Å². The lowest BCUT2D eigenvalue weighted by atomic mass is 10.1. The molecule has 0 bridgehead atoms. The maximum absolute atomic E-state index is 5.30. The second-order valence-electron chi connectivity index (χ2n) is 4.57. The summed E-state index contributed by atoms with van der Waals surface area (Å²) < 4.78 is 5.30. The SMILES string of the molecule is Cc1nc(-c2nc(C3CCCCCN3)no2)cs1. The molecular weight excluding hydrogens is 248 g/mol. The molecule has 18 heavy (non-hydrogen) atoms. The van der Waals surface area contributed by atoms with Crippen LogP contribution in [0.4, 0.5) is 0 Å². The molecule has 1 saturated heterocycles. The highest BCUT2D eigenvalue weighted by atomic mass is 32.1. The molecule has 0 spiro atoms. The van der Waals surface area contributed by atoms with Crippen LogP contribution in [0.15, 0.2) is 9.90 Å². The molecular formula is C12H16N4OS. The molecule has 0 aliphatic carbocycles. The van der Waals surface area contributed by atoms with Crippen LogP contribution in [0.25, 0.3) is 11.6 Å². The van der Waals surface area contributed by atoms with Gasteiger partial charge in [-0.2, -0.15) is 4.98 Å². The molecule has 3 heterocycles. The number of aryl methyl sites for hydroxylation is 1. The van der Waals surface area contributed by atoms with Crippen molar-refractivity contribution in [3.05, 3.63) is 16.2 Å². The second-order valence-corrected chi connectivity index (χ2v) is 5.63. The van der Waals surface area contributed by atoms with Crippen molar-refractivity contribution in [1.82, 2.24) is 20.4 Å². The van der Waals surface area contributed by atoms with E-state index < -0.39 is 0 Å². The van der Waals surface area contributed by atoms with Gasteiger partial charge >= 0.3 is 0 Å². The van der Waals surface area contributed by atoms with E-state index in [1.165, 1.54) is 19.3 Å². The van der Waals surface area contributed by atoms with Crippen molar-refractivity contribution in [3.63, 3.8) is 0 Å². The van der Waals surface area contributed by atoms with Gasteiger partial charge in [-0.25, -0.2) is 4.98 Å². The zero-order chi connectivity index (χ0) is 12.4. The van der Waals surface area contributed by atoms with Gasteiger partial charge in [0.15, 0.2) is 5.82 Å². The van der Waals surface area contributed by atoms with Crippen LogP contribution < -0.4 is 5.32 Å². The van der Waals surface area contributed by atoms with Gasteiger partial charge in [0.1, 0.15) is 5.69 Å². The molecule has 1 aliphatic rings. The minimum atomic E-state index is 0.227. The normalized spacial score (nSPS) is 20.8. The lowest BCUT2D eigenvalue weighted by Crippen LogP contribution is -2.21. The number of hydrogen-bond acceptors (Lipinski definition) is 6. The molecule has 2 aromatic rings. The molecule has 1 aliphatic heterocycles. The summed E-state index contributed by atoms with van der Waals surface area (Å²) >= 11 is 1.59. The molecule has 0 amide bonds. The quantitative estimate of drug-likeness (QED) is 0.903. The molecule has 1 fully saturated rings. The third-order valence-electron chi connectivity index (χ3n) is 3.15. The first-order valence-electron chi connectivity index (χ1n) is 6.32. The largest absolute Gasteiger partial charge is 0.332 e. The van der Waals surface area contributed by atoms with Gasteiger partial charge in [0.25, 0.3) is 5.89 Å². The topological polar surface area (TPSA) is 63.8 Å². The summed E-state index contributed by atoms with van der Waals surface area (Å²) in [4.78, 5) is 8.82. The summed E-state index contributed by atoms with van der Waals surface area (Å²) in [7, 11) is 0. The fraction of sp³-hybridized carbons (Fsp3) is 0.583. The predicted molar refractivity (Wildman–Crippen MR) is 69.4 cm³/mol. The molecule has 6 heteroatoms. The Balaban J connectivity index is 1.80. The van der Waals surface area contributed by atoms with Crippen LogP contribution in [0.2, 0.25) is 0 Å². The number of aromatic nitrogens is 3. The van der Waals surface area contributed by atoms with Crippen LogP contribution in [0.1, 0.15) is 42.6 Å². The Morgan fingerprint density at radius 2 is 2.28 bits per heavy atom. The number of nitrogens with zero attached hydrogens (tertiary/aromatic N) is 3. The second kappa shape index (κ2) is 5.16. The van der Waals surface area contributed by atoms with Crippen molar-refractivity contribution < 1.29 is 4.52 Å². The Bertz CT molecular complexity index is 514. The van der Waals surface area contributed by atoms with Crippen molar-refractivity contribution in [3.8, 4) is 11.6 Å². The van der Waals surface area contributed by atoms with E-state index in [1.807, 2.05) is 12.3 Å². The molecule has 0 saturated carbocycles. The van der Waals surface area contributed by atoms with E-state index in [-0.39, 0.29) is 6.04 Å². The Labute approximate surface area is 110 Å². The fourth-order valence-corrected chi connectivity index (χ4v) is 2.78. The highest BCUT2D eigenvalue weighted by molar-refractivity contribution is 7.09. The minimum absolute atomic E-state index is 0.227. The first-order valence-corrected chi connectivity index (χ1v) is 7.20. The van der Waals surface area contributed by atoms with Crippen LogP contribution in [0.3, 0.4) is 0 Å². The maximum Gasteiger partial charge on any atom is 0.277 e. The average molecular weight is 264 g/mol. The van der Waals surface area contributed by atoms with Gasteiger partial charge in [0, 0.05) is 5.38 Å². The number of hydrogen-bond donors (Lipinski definition) is 1. The summed E-state index contributed by atoms with van der Waals surface area (Å²) in [6.07, 6.45) is 4.80. The summed E-state index contributed by atoms with van der Waals surface area (Å²) in [5.41, 5.74) is 0.782. The van der Waals surface area contributed by atoms with E-state index in [1.54, 1.807) is 11.3 Å². The summed E-state index contributed by atoms with van der Waals surface area (Å²) in [6, 6.07) is 0.227. The fourth-order valence-electron chi connectivity index (χ4n) is 2.19. The zero-order valence-electron chi connectivity index (χ0n) is 10.3. The molecule has 5 nitrogen and oxygen atoms in total. The van der Waals surface area contributed by atoms with Gasteiger partial charge < -0.3 is 9.84 Å². The molecule has 1 atom stereocenters. The van der Waals surface area contributed by atoms with Crippen molar-refractivity contribution in [2.45, 2.75) is 38.6 Å². The lowest BCUT2D eigenvalue weighted by molar-refractivity contribution is 0.401. The molecule has 1 N–H and O–H groups in total. The first-order chi connectivity index (χ1) is 8.83. The van der Waals surface area contributed by atoms with E-state index >= 15 is 0 Å². The van der Waals surface area contributed by atoms with E-state index in [4.69, 9.17) is 4.52 Å². The third-order valence-corrected chi connectivity index (χ3v) is 3.93. The Morgan fingerprint density at radius 3 is 3.11 bits per heavy atom. The van der Waals surface area contributed by atoms with Gasteiger partial charge in [-0.3, -0.25) is 0 Å². The van der Waals surface area contributed by atoms with E-state index in [2.05, 4.69) is 20.4 Å². The van der Waals surface area contributed by atoms with E-state index in [0.717, 1.165) is 29.5 Å². The van der Waals surface area contributed by atoms with Gasteiger partial charge in [-0.15, -0.1) is 11.3 Å². The summed E-state index contributed by atoms with van der Waals surface area (Å²) in [5, 5.41) is 10.5. The minimum Gasteiger partial charge on any atom is -0.332 e. The maximum atomic E-state index is 5.30. The highest BCUT2D eigenvalue weighted by Crippen LogP contribution is 2.24. The third kappa shape index (κ3) is 2.44. The first kappa shape index (κ1) is 11.8. The van der Waals surface area contributed by atoms with E-state index in [9.17, 15) is 0 Å². The summed E-state index contributed by atoms with van der Waals surface area (Å²) in [5.74, 6) is 1.29. The molecule has 96 valence electrons. The number of thiazole rings is 1. The Hall–Kier alpha value is -1.27. The standard InChI is InChI=1S/C12H16N4OS/c1-8-14-10(7-18-8)12-15-11(16-17-12)9-5-3-2-4-6-13-9/h7,9,13H,2-6H2,1H3. The lowest BCUT2D eigenvalue weighted by Gasteiger charge is -2.09. The van der Waals surface area contributed by atoms with Crippen molar-refractivity contribution in [2.75, 3.05) is 6.54 Å². The molecule has 0 radical (unpaired) electrons. The molecule has 1 unspecified atom stereocenters. The number of rotatable bonds is 2. The van der Waals surface area contributed by atoms with Crippen molar-refractivity contribution in [1.29, 1.82) is 0 Å².